The number of piperidine rings is 1. The first kappa shape index (κ1) is 20.4. The maximum absolute atomic E-state index is 14.4. The molecule has 1 aliphatic heterocycles. The number of H-pyrrole nitrogens is 1. The van der Waals surface area contributed by atoms with Crippen LogP contribution in [0.4, 0.5) is 13.2 Å². The van der Waals surface area contributed by atoms with Gasteiger partial charge in [-0.3, -0.25) is 9.48 Å². The smallest absolute Gasteiger partial charge is 0.257 e. The minimum absolute atomic E-state index is 0.0938. The second-order valence-corrected chi connectivity index (χ2v) is 8.19. The van der Waals surface area contributed by atoms with Crippen LogP contribution in [-0.4, -0.2) is 38.7 Å². The van der Waals surface area contributed by atoms with Gasteiger partial charge >= 0.3 is 0 Å². The summed E-state index contributed by atoms with van der Waals surface area (Å²) in [5.41, 5.74) is 2.48. The van der Waals surface area contributed by atoms with Gasteiger partial charge in [0.1, 0.15) is 23.1 Å². The van der Waals surface area contributed by atoms with Crippen molar-refractivity contribution in [3.63, 3.8) is 0 Å². The Morgan fingerprint density at radius 3 is 2.53 bits per heavy atom. The minimum atomic E-state index is -0.757. The van der Waals surface area contributed by atoms with Crippen LogP contribution in [0.2, 0.25) is 0 Å². The van der Waals surface area contributed by atoms with Crippen LogP contribution in [0.3, 0.4) is 0 Å². The summed E-state index contributed by atoms with van der Waals surface area (Å²) in [5, 5.41) is 5.25. The highest BCUT2D eigenvalue weighted by Gasteiger charge is 2.29. The Bertz CT molecular complexity index is 1320. The monoisotopic (exact) mass is 438 g/mol. The first-order valence-electron chi connectivity index (χ1n) is 10.5. The molecule has 0 aliphatic carbocycles. The van der Waals surface area contributed by atoms with Gasteiger partial charge in [-0.15, -0.1) is 0 Å². The van der Waals surface area contributed by atoms with Crippen molar-refractivity contribution < 1.29 is 18.0 Å². The molecule has 3 heterocycles. The Balaban J connectivity index is 1.36. The average Bonchev–Trinajstić information content (AvgIpc) is 3.36. The van der Waals surface area contributed by atoms with Crippen molar-refractivity contribution in [1.29, 1.82) is 0 Å². The van der Waals surface area contributed by atoms with E-state index in [1.807, 2.05) is 6.20 Å². The zero-order valence-electron chi connectivity index (χ0n) is 17.4. The molecule has 1 amide bonds. The number of nitrogens with one attached hydrogen (secondary N) is 1. The molecule has 5 nitrogen and oxygen atoms in total. The lowest BCUT2D eigenvalue weighted by atomic mass is 9.89. The van der Waals surface area contributed by atoms with E-state index in [9.17, 15) is 18.0 Å². The third kappa shape index (κ3) is 3.55. The van der Waals surface area contributed by atoms with Crippen LogP contribution in [0.5, 0.6) is 0 Å². The lowest BCUT2D eigenvalue weighted by molar-refractivity contribution is 0.0714. The van der Waals surface area contributed by atoms with Gasteiger partial charge in [0.25, 0.3) is 5.91 Å². The van der Waals surface area contributed by atoms with E-state index in [1.54, 1.807) is 24.2 Å². The number of halogens is 3. The fourth-order valence-corrected chi connectivity index (χ4v) is 4.55. The molecule has 2 aromatic heterocycles. The van der Waals surface area contributed by atoms with Crippen molar-refractivity contribution in [2.75, 3.05) is 13.1 Å². The van der Waals surface area contributed by atoms with Gasteiger partial charge in [0.2, 0.25) is 0 Å². The number of aromatic nitrogens is 3. The molecule has 0 saturated carbocycles. The number of nitrogens with zero attached hydrogens (tertiary/aromatic N) is 3. The highest BCUT2D eigenvalue weighted by atomic mass is 19.1. The fourth-order valence-electron chi connectivity index (χ4n) is 4.55. The van der Waals surface area contributed by atoms with Crippen LogP contribution < -0.4 is 0 Å². The number of amides is 1. The molecular formula is C24H21F3N4O. The van der Waals surface area contributed by atoms with Gasteiger partial charge in [-0.1, -0.05) is 0 Å². The molecule has 4 aromatic rings. The van der Waals surface area contributed by atoms with Crippen molar-refractivity contribution in [2.45, 2.75) is 18.8 Å². The molecule has 0 spiro atoms. The standard InChI is InChI=1S/C24H21F3N4O/c1-30-13-20(23(29-30)18-5-3-15(25)10-21(18)27)24(32)31-8-6-14(7-9-31)19-12-28-22-11-16(26)2-4-17(19)22/h2-5,10-14,28H,6-9H2,1H3. The van der Waals surface area contributed by atoms with Gasteiger partial charge in [-0.05, 0) is 54.7 Å². The quantitative estimate of drug-likeness (QED) is 0.489. The summed E-state index contributed by atoms with van der Waals surface area (Å²) in [5.74, 6) is -1.70. The van der Waals surface area contributed by atoms with Gasteiger partial charge in [0, 0.05) is 55.1 Å². The van der Waals surface area contributed by atoms with Gasteiger partial charge in [-0.2, -0.15) is 5.10 Å². The summed E-state index contributed by atoms with van der Waals surface area (Å²) in [6, 6.07) is 7.96. The lowest BCUT2D eigenvalue weighted by Gasteiger charge is -2.32. The van der Waals surface area contributed by atoms with E-state index in [-0.39, 0.29) is 28.9 Å². The fraction of sp³-hybridized carbons (Fsp3) is 0.250. The average molecular weight is 438 g/mol. The molecule has 5 rings (SSSR count). The first-order valence-corrected chi connectivity index (χ1v) is 10.5. The molecule has 1 saturated heterocycles. The molecular weight excluding hydrogens is 417 g/mol. The molecule has 0 atom stereocenters. The second-order valence-electron chi connectivity index (χ2n) is 8.19. The number of rotatable bonds is 3. The van der Waals surface area contributed by atoms with E-state index in [4.69, 9.17) is 0 Å². The summed E-state index contributed by atoms with van der Waals surface area (Å²) in [6.45, 7) is 1.08. The SMILES string of the molecule is Cn1cc(C(=O)N2CCC(c3c[nH]c4cc(F)ccc34)CC2)c(-c2ccc(F)cc2F)n1. The summed E-state index contributed by atoms with van der Waals surface area (Å²) >= 11 is 0. The van der Waals surface area contributed by atoms with Crippen LogP contribution in [0.1, 0.15) is 34.7 Å². The van der Waals surface area contributed by atoms with E-state index in [0.717, 1.165) is 41.4 Å². The Hall–Kier alpha value is -3.55. The number of likely N-dealkylation sites (tertiary alicyclic amines) is 1. The molecule has 0 unspecified atom stereocenters. The van der Waals surface area contributed by atoms with Crippen molar-refractivity contribution >= 4 is 16.8 Å². The lowest BCUT2D eigenvalue weighted by Crippen LogP contribution is -2.38. The third-order valence-electron chi connectivity index (χ3n) is 6.14. The molecule has 8 heteroatoms. The van der Waals surface area contributed by atoms with Crippen LogP contribution in [0.15, 0.2) is 48.8 Å². The maximum atomic E-state index is 14.4. The van der Waals surface area contributed by atoms with E-state index in [2.05, 4.69) is 10.1 Å². The number of fused-ring (bicyclic) bond motifs is 1. The van der Waals surface area contributed by atoms with Crippen LogP contribution in [0.25, 0.3) is 22.2 Å². The van der Waals surface area contributed by atoms with Crippen molar-refractivity contribution in [3.05, 3.63) is 77.4 Å². The predicted octanol–water partition coefficient (Wildman–Crippen LogP) is 5.01. The van der Waals surface area contributed by atoms with Gasteiger partial charge in [-0.25, -0.2) is 13.2 Å². The van der Waals surface area contributed by atoms with Crippen LogP contribution in [-0.2, 0) is 7.05 Å². The Morgan fingerprint density at radius 1 is 1.06 bits per heavy atom. The molecule has 0 bridgehead atoms. The van der Waals surface area contributed by atoms with E-state index in [0.29, 0.717) is 18.7 Å². The normalized spacial score (nSPS) is 14.9. The molecule has 1 N–H and O–H groups in total. The van der Waals surface area contributed by atoms with E-state index in [1.165, 1.54) is 22.9 Å². The molecule has 2 aromatic carbocycles. The molecule has 0 radical (unpaired) electrons. The van der Waals surface area contributed by atoms with Crippen molar-refractivity contribution in [1.82, 2.24) is 19.7 Å². The minimum Gasteiger partial charge on any atom is -0.361 e. The van der Waals surface area contributed by atoms with Crippen LogP contribution >= 0.6 is 0 Å². The van der Waals surface area contributed by atoms with Gasteiger partial charge in [0.15, 0.2) is 0 Å². The summed E-state index contributed by atoms with van der Waals surface area (Å²) in [6.07, 6.45) is 5.01. The topological polar surface area (TPSA) is 53.9 Å². The summed E-state index contributed by atoms with van der Waals surface area (Å²) in [4.78, 5) is 18.1. The number of aryl methyl sites for hydroxylation is 1. The van der Waals surface area contributed by atoms with Crippen molar-refractivity contribution in [3.8, 4) is 11.3 Å². The molecule has 164 valence electrons. The number of carbonyl (C=O) groups is 1. The number of hydrogen-bond donors (Lipinski definition) is 1. The second kappa shape index (κ2) is 7.85. The number of hydrogen-bond acceptors (Lipinski definition) is 2. The zero-order chi connectivity index (χ0) is 22.4. The Morgan fingerprint density at radius 2 is 1.78 bits per heavy atom. The largest absolute Gasteiger partial charge is 0.361 e. The van der Waals surface area contributed by atoms with E-state index >= 15 is 0 Å². The first-order chi connectivity index (χ1) is 15.4. The summed E-state index contributed by atoms with van der Waals surface area (Å²) in [7, 11) is 1.66. The number of benzene rings is 2. The molecule has 1 aliphatic rings. The van der Waals surface area contributed by atoms with Crippen molar-refractivity contribution in [2.24, 2.45) is 7.05 Å². The Labute approximate surface area is 182 Å². The highest BCUT2D eigenvalue weighted by molar-refractivity contribution is 6.00. The summed E-state index contributed by atoms with van der Waals surface area (Å²) < 4.78 is 42.6. The number of aromatic amines is 1. The predicted molar refractivity (Wildman–Crippen MR) is 115 cm³/mol. The highest BCUT2D eigenvalue weighted by Crippen LogP contribution is 2.34. The van der Waals surface area contributed by atoms with E-state index < -0.39 is 11.6 Å². The third-order valence-corrected chi connectivity index (χ3v) is 6.14. The Kier molecular flexibility index (Phi) is 5.00. The van der Waals surface area contributed by atoms with Gasteiger partial charge in [0.05, 0.1) is 5.56 Å². The zero-order valence-corrected chi connectivity index (χ0v) is 17.4. The van der Waals surface area contributed by atoms with Crippen LogP contribution in [0, 0.1) is 17.5 Å². The molecule has 32 heavy (non-hydrogen) atoms. The maximum Gasteiger partial charge on any atom is 0.257 e. The van der Waals surface area contributed by atoms with Gasteiger partial charge < -0.3 is 9.88 Å². The molecule has 1 fully saturated rings. The number of carbonyl (C=O) groups excluding carboxylic acids is 1.